The second kappa shape index (κ2) is 5.28. The molecule has 0 spiro atoms. The zero-order chi connectivity index (χ0) is 16.7. The van der Waals surface area contributed by atoms with Crippen molar-refractivity contribution in [3.8, 4) is 22.4 Å². The van der Waals surface area contributed by atoms with Crippen LogP contribution in [0.3, 0.4) is 0 Å². The predicted octanol–water partition coefficient (Wildman–Crippen LogP) is 3.21. The number of hydrogen-bond acceptors (Lipinski definition) is 4. The number of H-pyrrole nitrogens is 2. The molecule has 0 atom stereocenters. The minimum atomic E-state index is -0.409. The van der Waals surface area contributed by atoms with Crippen LogP contribution in [0.25, 0.3) is 33.3 Å². The summed E-state index contributed by atoms with van der Waals surface area (Å²) < 4.78 is 0. The number of rotatable bonds is 3. The third kappa shape index (κ3) is 2.37. The number of aromatic amines is 2. The first-order valence-electron chi connectivity index (χ1n) is 7.75. The number of nitrogens with one attached hydrogen (secondary N) is 2. The highest BCUT2D eigenvalue weighted by molar-refractivity contribution is 6.01. The molecule has 0 amide bonds. The molecule has 4 rings (SSSR count). The van der Waals surface area contributed by atoms with Crippen molar-refractivity contribution >= 4 is 10.9 Å². The van der Waals surface area contributed by atoms with Crippen LogP contribution in [0.5, 0.6) is 0 Å². The first-order valence-corrected chi connectivity index (χ1v) is 7.75. The first-order chi connectivity index (χ1) is 11.5. The van der Waals surface area contributed by atoms with Crippen molar-refractivity contribution in [1.82, 2.24) is 25.4 Å². The maximum Gasteiger partial charge on any atom is 0.0708 e. The normalized spacial score (nSPS) is 12.0. The van der Waals surface area contributed by atoms with Gasteiger partial charge in [-0.1, -0.05) is 12.1 Å². The molecule has 0 aliphatic carbocycles. The molecule has 0 aliphatic heterocycles. The van der Waals surface area contributed by atoms with E-state index in [4.69, 9.17) is 5.73 Å². The highest BCUT2D eigenvalue weighted by Crippen LogP contribution is 2.36. The maximum absolute atomic E-state index is 6.15. The van der Waals surface area contributed by atoms with Crippen LogP contribution in [0.1, 0.15) is 19.4 Å². The highest BCUT2D eigenvalue weighted by atomic mass is 15.1. The second-order valence-corrected chi connectivity index (χ2v) is 6.46. The zero-order valence-electron chi connectivity index (χ0n) is 13.5. The molecule has 0 saturated heterocycles. The molecule has 4 aromatic rings. The zero-order valence-corrected chi connectivity index (χ0v) is 13.5. The molecule has 0 aliphatic rings. The quantitative estimate of drug-likeness (QED) is 0.540. The molecule has 3 aromatic heterocycles. The lowest BCUT2D eigenvalue weighted by molar-refractivity contribution is 0.552. The van der Waals surface area contributed by atoms with Gasteiger partial charge in [-0.2, -0.15) is 10.2 Å². The minimum Gasteiger partial charge on any atom is -0.322 e. The fraction of sp³-hybridized carbons (Fsp3) is 0.167. The predicted molar refractivity (Wildman–Crippen MR) is 94.1 cm³/mol. The van der Waals surface area contributed by atoms with Crippen molar-refractivity contribution in [2.24, 2.45) is 5.73 Å². The van der Waals surface area contributed by atoms with Gasteiger partial charge in [0.1, 0.15) is 0 Å². The molecule has 24 heavy (non-hydrogen) atoms. The van der Waals surface area contributed by atoms with E-state index in [1.165, 1.54) is 0 Å². The van der Waals surface area contributed by atoms with E-state index in [2.05, 4.69) is 31.4 Å². The van der Waals surface area contributed by atoms with Crippen LogP contribution in [0.4, 0.5) is 0 Å². The van der Waals surface area contributed by atoms with Gasteiger partial charge < -0.3 is 5.73 Å². The summed E-state index contributed by atoms with van der Waals surface area (Å²) in [5.74, 6) is 0. The smallest absolute Gasteiger partial charge is 0.0708 e. The number of nitrogens with zero attached hydrogens (tertiary/aromatic N) is 3. The van der Waals surface area contributed by atoms with E-state index in [9.17, 15) is 0 Å². The third-order valence-electron chi connectivity index (χ3n) is 4.19. The van der Waals surface area contributed by atoms with Gasteiger partial charge in [-0.25, -0.2) is 0 Å². The highest BCUT2D eigenvalue weighted by Gasteiger charge is 2.17. The Balaban J connectivity index is 1.92. The van der Waals surface area contributed by atoms with Crippen molar-refractivity contribution in [2.45, 2.75) is 19.4 Å². The number of benzene rings is 1. The number of hydrogen-bond donors (Lipinski definition) is 3. The van der Waals surface area contributed by atoms with Crippen LogP contribution >= 0.6 is 0 Å². The summed E-state index contributed by atoms with van der Waals surface area (Å²) in [4.78, 5) is 4.64. The molecule has 1 aromatic carbocycles. The maximum atomic E-state index is 6.15. The Kier molecular flexibility index (Phi) is 3.21. The van der Waals surface area contributed by atoms with E-state index < -0.39 is 5.54 Å². The lowest BCUT2D eigenvalue weighted by Gasteiger charge is -2.19. The summed E-state index contributed by atoms with van der Waals surface area (Å²) in [6, 6.07) is 8.11. The Morgan fingerprint density at radius 3 is 2.54 bits per heavy atom. The van der Waals surface area contributed by atoms with Crippen molar-refractivity contribution in [1.29, 1.82) is 0 Å². The molecule has 0 radical (unpaired) electrons. The Morgan fingerprint density at radius 2 is 1.88 bits per heavy atom. The molecule has 120 valence electrons. The molecular weight excluding hydrogens is 300 g/mol. The van der Waals surface area contributed by atoms with Crippen LogP contribution in [0.15, 0.2) is 49.1 Å². The van der Waals surface area contributed by atoms with Gasteiger partial charge in [-0.15, -0.1) is 0 Å². The SMILES string of the molecule is CC(C)(N)c1ccc(-c2ccc3[nH]ncc3c2-c2cn[nH]c2)nc1. The molecule has 0 saturated carbocycles. The van der Waals surface area contributed by atoms with Crippen LogP contribution in [-0.2, 0) is 5.54 Å². The average molecular weight is 318 g/mol. The summed E-state index contributed by atoms with van der Waals surface area (Å²) in [6.07, 6.45) is 7.36. The Hall–Kier alpha value is -2.99. The van der Waals surface area contributed by atoms with Crippen LogP contribution in [-0.4, -0.2) is 25.4 Å². The van der Waals surface area contributed by atoms with Crippen LogP contribution in [0, 0.1) is 0 Å². The molecule has 3 heterocycles. The Labute approximate surface area is 139 Å². The summed E-state index contributed by atoms with van der Waals surface area (Å²) in [5, 5.41) is 15.2. The monoisotopic (exact) mass is 318 g/mol. The van der Waals surface area contributed by atoms with Gasteiger partial charge in [-0.05, 0) is 31.5 Å². The summed E-state index contributed by atoms with van der Waals surface area (Å²) >= 11 is 0. The lowest BCUT2D eigenvalue weighted by Crippen LogP contribution is -2.28. The van der Waals surface area contributed by atoms with E-state index in [1.807, 2.05) is 56.8 Å². The van der Waals surface area contributed by atoms with E-state index in [-0.39, 0.29) is 0 Å². The molecular formula is C18H18N6. The number of nitrogens with two attached hydrogens (primary N) is 1. The van der Waals surface area contributed by atoms with Crippen molar-refractivity contribution in [2.75, 3.05) is 0 Å². The average Bonchev–Trinajstić information content (AvgIpc) is 3.24. The molecule has 0 bridgehead atoms. The van der Waals surface area contributed by atoms with Gasteiger partial charge in [0.15, 0.2) is 0 Å². The molecule has 0 unspecified atom stereocenters. The van der Waals surface area contributed by atoms with Crippen molar-refractivity contribution < 1.29 is 0 Å². The van der Waals surface area contributed by atoms with Crippen molar-refractivity contribution in [3.05, 3.63) is 54.6 Å². The molecule has 0 fully saturated rings. The summed E-state index contributed by atoms with van der Waals surface area (Å²) in [5.41, 5.74) is 11.7. The summed E-state index contributed by atoms with van der Waals surface area (Å²) in [7, 11) is 0. The number of fused-ring (bicyclic) bond motifs is 1. The Morgan fingerprint density at radius 1 is 1.00 bits per heavy atom. The number of pyridine rings is 1. The lowest BCUT2D eigenvalue weighted by atomic mass is 9.94. The molecule has 6 nitrogen and oxygen atoms in total. The standard InChI is InChI=1S/C18H18N6/c1-18(2,19)12-3-5-15(20-9-12)13-4-6-16-14(10-23-24-16)17(13)11-7-21-22-8-11/h3-10H,19H2,1-2H3,(H,21,22)(H,23,24). The van der Waals surface area contributed by atoms with Gasteiger partial charge in [0, 0.05) is 40.0 Å². The van der Waals surface area contributed by atoms with Crippen molar-refractivity contribution in [3.63, 3.8) is 0 Å². The van der Waals surface area contributed by atoms with Gasteiger partial charge in [0.2, 0.25) is 0 Å². The van der Waals surface area contributed by atoms with Crippen LogP contribution < -0.4 is 5.73 Å². The van der Waals surface area contributed by atoms with E-state index in [1.54, 1.807) is 0 Å². The fourth-order valence-corrected chi connectivity index (χ4v) is 2.86. The van der Waals surface area contributed by atoms with Gasteiger partial charge in [0.25, 0.3) is 0 Å². The van der Waals surface area contributed by atoms with Gasteiger partial charge >= 0.3 is 0 Å². The fourth-order valence-electron chi connectivity index (χ4n) is 2.86. The topological polar surface area (TPSA) is 96.3 Å². The van der Waals surface area contributed by atoms with E-state index >= 15 is 0 Å². The second-order valence-electron chi connectivity index (χ2n) is 6.46. The summed E-state index contributed by atoms with van der Waals surface area (Å²) in [6.45, 7) is 3.94. The van der Waals surface area contributed by atoms with Gasteiger partial charge in [0.05, 0.1) is 23.6 Å². The van der Waals surface area contributed by atoms with Gasteiger partial charge in [-0.3, -0.25) is 15.2 Å². The minimum absolute atomic E-state index is 0.409. The van der Waals surface area contributed by atoms with Crippen LogP contribution in [0.2, 0.25) is 0 Å². The number of aromatic nitrogens is 5. The first kappa shape index (κ1) is 14.6. The van der Waals surface area contributed by atoms with E-state index in [0.29, 0.717) is 0 Å². The molecule has 4 N–H and O–H groups in total. The Bertz CT molecular complexity index is 975. The largest absolute Gasteiger partial charge is 0.322 e. The third-order valence-corrected chi connectivity index (χ3v) is 4.19. The van der Waals surface area contributed by atoms with E-state index in [0.717, 1.165) is 38.9 Å². The molecule has 6 heteroatoms.